The van der Waals surface area contributed by atoms with Gasteiger partial charge < -0.3 is 9.47 Å². The second kappa shape index (κ2) is 5.04. The van der Waals surface area contributed by atoms with Gasteiger partial charge in [-0.3, -0.25) is 0 Å². The molecule has 1 aromatic carbocycles. The van der Waals surface area contributed by atoms with Gasteiger partial charge in [0.15, 0.2) is 0 Å². The van der Waals surface area contributed by atoms with Gasteiger partial charge in [0.25, 0.3) is 0 Å². The van der Waals surface area contributed by atoms with Gasteiger partial charge in [0.2, 0.25) is 0 Å². The molecule has 2 aromatic rings. The van der Waals surface area contributed by atoms with Crippen LogP contribution in [0.5, 0.6) is 11.8 Å². The highest BCUT2D eigenvalue weighted by atomic mass is 16.5. The van der Waals surface area contributed by atoms with E-state index in [1.54, 1.807) is 20.4 Å². The van der Waals surface area contributed by atoms with Crippen LogP contribution >= 0.6 is 0 Å². The van der Waals surface area contributed by atoms with Crippen LogP contribution in [0.25, 0.3) is 11.3 Å². The van der Waals surface area contributed by atoms with E-state index in [1.165, 1.54) is 0 Å². The molecule has 0 saturated carbocycles. The lowest BCUT2D eigenvalue weighted by atomic mass is 10.00. The van der Waals surface area contributed by atoms with E-state index in [2.05, 4.69) is 16.9 Å². The molecule has 18 heavy (non-hydrogen) atoms. The summed E-state index contributed by atoms with van der Waals surface area (Å²) in [6.45, 7) is 4.10. The fourth-order valence-corrected chi connectivity index (χ4v) is 1.88. The van der Waals surface area contributed by atoms with Gasteiger partial charge in [-0.2, -0.15) is 4.98 Å². The third-order valence-electron chi connectivity index (χ3n) is 3.05. The van der Waals surface area contributed by atoms with Crippen LogP contribution in [0, 0.1) is 13.8 Å². The van der Waals surface area contributed by atoms with Crippen LogP contribution in [-0.2, 0) is 0 Å². The Morgan fingerprint density at radius 3 is 2.39 bits per heavy atom. The van der Waals surface area contributed by atoms with E-state index >= 15 is 0 Å². The Balaban J connectivity index is 2.54. The van der Waals surface area contributed by atoms with Gasteiger partial charge in [-0.25, -0.2) is 4.98 Å². The molecule has 4 nitrogen and oxygen atoms in total. The molecule has 0 amide bonds. The highest BCUT2D eigenvalue weighted by Crippen LogP contribution is 2.30. The smallest absolute Gasteiger partial charge is 0.316 e. The molecule has 0 radical (unpaired) electrons. The van der Waals surface area contributed by atoms with Crippen molar-refractivity contribution in [2.45, 2.75) is 13.8 Å². The highest BCUT2D eigenvalue weighted by molar-refractivity contribution is 5.67. The minimum Gasteiger partial charge on any atom is -0.496 e. The Hall–Kier alpha value is -2.10. The SMILES string of the molecule is COc1nccc(-c2ccc(OC)c(C)c2C)n1. The Kier molecular flexibility index (Phi) is 3.46. The van der Waals surface area contributed by atoms with E-state index < -0.39 is 0 Å². The predicted octanol–water partition coefficient (Wildman–Crippen LogP) is 2.78. The summed E-state index contributed by atoms with van der Waals surface area (Å²) in [5, 5.41) is 0. The summed E-state index contributed by atoms with van der Waals surface area (Å²) in [6.07, 6.45) is 1.69. The number of nitrogens with zero attached hydrogens (tertiary/aromatic N) is 2. The molecule has 0 saturated heterocycles. The lowest BCUT2D eigenvalue weighted by Crippen LogP contribution is -1.96. The van der Waals surface area contributed by atoms with Crippen molar-refractivity contribution in [3.63, 3.8) is 0 Å². The molecular formula is C14H16N2O2. The summed E-state index contributed by atoms with van der Waals surface area (Å²) < 4.78 is 10.3. The number of aromatic nitrogens is 2. The predicted molar refractivity (Wildman–Crippen MR) is 70.0 cm³/mol. The first kappa shape index (κ1) is 12.4. The van der Waals surface area contributed by atoms with Crippen molar-refractivity contribution in [3.8, 4) is 23.0 Å². The maximum atomic E-state index is 5.30. The minimum atomic E-state index is 0.375. The highest BCUT2D eigenvalue weighted by Gasteiger charge is 2.10. The van der Waals surface area contributed by atoms with E-state index in [-0.39, 0.29) is 0 Å². The zero-order valence-corrected chi connectivity index (χ0v) is 11.0. The molecule has 0 unspecified atom stereocenters. The molecule has 0 aliphatic heterocycles. The first-order valence-electron chi connectivity index (χ1n) is 5.69. The van der Waals surface area contributed by atoms with Crippen LogP contribution in [0.15, 0.2) is 24.4 Å². The van der Waals surface area contributed by atoms with Crippen molar-refractivity contribution >= 4 is 0 Å². The zero-order valence-electron chi connectivity index (χ0n) is 11.0. The van der Waals surface area contributed by atoms with Gasteiger partial charge in [0.1, 0.15) is 5.75 Å². The third kappa shape index (κ3) is 2.14. The summed E-state index contributed by atoms with van der Waals surface area (Å²) >= 11 is 0. The Morgan fingerprint density at radius 2 is 1.72 bits per heavy atom. The largest absolute Gasteiger partial charge is 0.496 e. The fraction of sp³-hybridized carbons (Fsp3) is 0.286. The van der Waals surface area contributed by atoms with E-state index in [4.69, 9.17) is 9.47 Å². The summed E-state index contributed by atoms with van der Waals surface area (Å²) in [5.41, 5.74) is 4.18. The van der Waals surface area contributed by atoms with Crippen molar-refractivity contribution in [3.05, 3.63) is 35.5 Å². The quantitative estimate of drug-likeness (QED) is 0.832. The van der Waals surface area contributed by atoms with Crippen LogP contribution in [0.1, 0.15) is 11.1 Å². The number of hydrogen-bond donors (Lipinski definition) is 0. The number of hydrogen-bond acceptors (Lipinski definition) is 4. The molecule has 1 aromatic heterocycles. The van der Waals surface area contributed by atoms with Gasteiger partial charge in [0, 0.05) is 11.8 Å². The summed E-state index contributed by atoms with van der Waals surface area (Å²) in [4.78, 5) is 8.36. The summed E-state index contributed by atoms with van der Waals surface area (Å²) in [6, 6.07) is 6.20. The third-order valence-corrected chi connectivity index (χ3v) is 3.05. The average Bonchev–Trinajstić information content (AvgIpc) is 2.42. The second-order valence-electron chi connectivity index (χ2n) is 3.99. The van der Waals surface area contributed by atoms with Crippen molar-refractivity contribution in [2.75, 3.05) is 14.2 Å². The van der Waals surface area contributed by atoms with Gasteiger partial charge >= 0.3 is 6.01 Å². The molecule has 94 valence electrons. The second-order valence-corrected chi connectivity index (χ2v) is 3.99. The van der Waals surface area contributed by atoms with Gasteiger partial charge in [-0.05, 0) is 43.2 Å². The number of benzene rings is 1. The molecule has 0 N–H and O–H groups in total. The summed E-state index contributed by atoms with van der Waals surface area (Å²) in [7, 11) is 3.24. The number of ether oxygens (including phenoxy) is 2. The van der Waals surface area contributed by atoms with Crippen LogP contribution in [0.3, 0.4) is 0 Å². The topological polar surface area (TPSA) is 44.2 Å². The van der Waals surface area contributed by atoms with E-state index in [0.29, 0.717) is 6.01 Å². The van der Waals surface area contributed by atoms with Crippen LogP contribution in [-0.4, -0.2) is 24.2 Å². The van der Waals surface area contributed by atoms with Crippen molar-refractivity contribution in [1.29, 1.82) is 0 Å². The zero-order chi connectivity index (χ0) is 13.1. The molecule has 0 atom stereocenters. The van der Waals surface area contributed by atoms with Crippen LogP contribution < -0.4 is 9.47 Å². The first-order chi connectivity index (χ1) is 8.67. The fourth-order valence-electron chi connectivity index (χ4n) is 1.88. The number of methoxy groups -OCH3 is 2. The molecule has 0 aliphatic rings. The van der Waals surface area contributed by atoms with Crippen LogP contribution in [0.2, 0.25) is 0 Å². The molecular weight excluding hydrogens is 228 g/mol. The molecule has 0 bridgehead atoms. The Morgan fingerprint density at radius 1 is 0.944 bits per heavy atom. The standard InChI is InChI=1S/C14H16N2O2/c1-9-10(2)13(17-3)6-5-11(9)12-7-8-15-14(16-12)18-4/h5-8H,1-4H3. The maximum Gasteiger partial charge on any atom is 0.316 e. The lowest BCUT2D eigenvalue weighted by Gasteiger charge is -2.12. The normalized spacial score (nSPS) is 10.2. The Labute approximate surface area is 107 Å². The molecule has 2 rings (SSSR count). The first-order valence-corrected chi connectivity index (χ1v) is 5.69. The van der Waals surface area contributed by atoms with Gasteiger partial charge in [-0.1, -0.05) is 0 Å². The average molecular weight is 244 g/mol. The van der Waals surface area contributed by atoms with Crippen molar-refractivity contribution in [1.82, 2.24) is 9.97 Å². The van der Waals surface area contributed by atoms with E-state index in [0.717, 1.165) is 28.1 Å². The van der Waals surface area contributed by atoms with E-state index in [1.807, 2.05) is 25.1 Å². The molecule has 0 aliphatic carbocycles. The molecule has 4 heteroatoms. The van der Waals surface area contributed by atoms with Crippen LogP contribution in [0.4, 0.5) is 0 Å². The monoisotopic (exact) mass is 244 g/mol. The van der Waals surface area contributed by atoms with Crippen molar-refractivity contribution in [2.24, 2.45) is 0 Å². The molecule has 0 fully saturated rings. The number of rotatable bonds is 3. The minimum absolute atomic E-state index is 0.375. The lowest BCUT2D eigenvalue weighted by molar-refractivity contribution is 0.380. The molecule has 1 heterocycles. The van der Waals surface area contributed by atoms with Gasteiger partial charge in [0.05, 0.1) is 19.9 Å². The van der Waals surface area contributed by atoms with Gasteiger partial charge in [-0.15, -0.1) is 0 Å². The Bertz CT molecular complexity index is 568. The van der Waals surface area contributed by atoms with E-state index in [9.17, 15) is 0 Å². The maximum absolute atomic E-state index is 5.30. The van der Waals surface area contributed by atoms with Crippen molar-refractivity contribution < 1.29 is 9.47 Å². The molecule has 0 spiro atoms. The summed E-state index contributed by atoms with van der Waals surface area (Å²) in [5.74, 6) is 0.886.